The number of hydrogen-bond acceptors (Lipinski definition) is 6. The van der Waals surface area contributed by atoms with E-state index in [-0.39, 0.29) is 0 Å². The third-order valence-corrected chi connectivity index (χ3v) is 10.0. The molecule has 3 aromatic heterocycles. The molecule has 0 aliphatic heterocycles. The summed E-state index contributed by atoms with van der Waals surface area (Å²) >= 11 is 0. The van der Waals surface area contributed by atoms with E-state index in [1.165, 1.54) is 0 Å². The van der Waals surface area contributed by atoms with Crippen LogP contribution >= 0.6 is 0 Å². The first-order valence-electron chi connectivity index (χ1n) is 16.7. The van der Waals surface area contributed by atoms with Crippen molar-refractivity contribution in [2.75, 3.05) is 0 Å². The van der Waals surface area contributed by atoms with Crippen LogP contribution in [-0.2, 0) is 11.1 Å². The van der Waals surface area contributed by atoms with Crippen molar-refractivity contribution < 1.29 is 14.1 Å². The van der Waals surface area contributed by atoms with E-state index in [1.54, 1.807) is 0 Å². The molecule has 1 unspecified atom stereocenters. The number of nitrogens with zero attached hydrogens (tertiary/aromatic N) is 4. The summed E-state index contributed by atoms with van der Waals surface area (Å²) in [6.45, 7) is 8.17. The van der Waals surface area contributed by atoms with Gasteiger partial charge in [0.15, 0.2) is 11.6 Å². The second-order valence-corrected chi connectivity index (χ2v) is 13.3. The number of rotatable bonds is 8. The van der Waals surface area contributed by atoms with Gasteiger partial charge in [0.25, 0.3) is 0 Å². The number of para-hydroxylation sites is 2. The average Bonchev–Trinajstić information content (AvgIpc) is 3.66. The van der Waals surface area contributed by atoms with Gasteiger partial charge in [-0.3, -0.25) is 4.57 Å². The Labute approximate surface area is 280 Å². The maximum atomic E-state index is 11.4. The molecule has 1 N–H and O–H groups in total. The lowest BCUT2D eigenvalue weighted by Crippen LogP contribution is -2.43. The molecular weight excluding hydrogens is 595 g/mol. The Morgan fingerprint density at radius 2 is 1.50 bits per heavy atom. The molecule has 0 bridgehead atoms. The number of furan rings is 1. The molecule has 0 radical (unpaired) electrons. The zero-order valence-electron chi connectivity index (χ0n) is 27.6. The standard InChI is InChI=1S/C40H37BN4O3/c1-5-39(3,4)48-41(46)40(6-2)24-23-29-34(25-40)47-33-22-14-19-30(35(29)33)37-42-36(26-15-8-7-9-16-26)43-38(44-37)45-31-20-12-10-17-27(31)28-18-11-13-21-32(28)45/h7-24,46H,5-6,25H2,1-4H3. The number of hydrogen-bond donors (Lipinski definition) is 1. The van der Waals surface area contributed by atoms with Gasteiger partial charge in [-0.15, -0.1) is 0 Å². The molecular formula is C40H37BN4O3. The molecule has 238 valence electrons. The Kier molecular flexibility index (Phi) is 7.31. The maximum absolute atomic E-state index is 11.4. The summed E-state index contributed by atoms with van der Waals surface area (Å²) in [6, 6.07) is 32.8. The van der Waals surface area contributed by atoms with Crippen molar-refractivity contribution in [3.8, 4) is 28.7 Å². The minimum Gasteiger partial charge on any atom is -0.460 e. The maximum Gasteiger partial charge on any atom is 0.465 e. The van der Waals surface area contributed by atoms with E-state index in [9.17, 15) is 5.02 Å². The SMILES string of the molecule is CCC(C)(C)OB(O)C1(CC)C=Cc2c(oc3cccc(-c4nc(-c5ccccc5)nc(-n5c6ccccc6c6ccccc65)n4)c23)C1. The summed E-state index contributed by atoms with van der Waals surface area (Å²) < 4.78 is 14.9. The summed E-state index contributed by atoms with van der Waals surface area (Å²) in [5, 5.41) is 14.0. The molecule has 1 atom stereocenters. The highest BCUT2D eigenvalue weighted by atomic mass is 16.5. The highest BCUT2D eigenvalue weighted by Gasteiger charge is 2.46. The van der Waals surface area contributed by atoms with Crippen LogP contribution < -0.4 is 0 Å². The zero-order chi connectivity index (χ0) is 33.0. The number of allylic oxidation sites excluding steroid dienone is 1. The van der Waals surface area contributed by atoms with Gasteiger partial charge in [-0.2, -0.15) is 9.97 Å². The Hall–Kier alpha value is -5.05. The first-order valence-corrected chi connectivity index (χ1v) is 16.7. The quantitative estimate of drug-likeness (QED) is 0.168. The molecule has 8 heteroatoms. The molecule has 0 amide bonds. The third kappa shape index (κ3) is 4.95. The molecule has 0 saturated carbocycles. The van der Waals surface area contributed by atoms with E-state index in [2.05, 4.69) is 73.0 Å². The van der Waals surface area contributed by atoms with E-state index in [0.29, 0.717) is 30.4 Å². The van der Waals surface area contributed by atoms with E-state index >= 15 is 0 Å². The monoisotopic (exact) mass is 632 g/mol. The second kappa shape index (κ2) is 11.6. The Morgan fingerprint density at radius 3 is 2.19 bits per heavy atom. The average molecular weight is 633 g/mol. The predicted octanol–water partition coefficient (Wildman–Crippen LogP) is 9.45. The first-order chi connectivity index (χ1) is 23.3. The predicted molar refractivity (Wildman–Crippen MR) is 194 cm³/mol. The van der Waals surface area contributed by atoms with Gasteiger partial charge in [0.2, 0.25) is 5.95 Å². The van der Waals surface area contributed by atoms with Gasteiger partial charge in [-0.25, -0.2) is 4.98 Å². The van der Waals surface area contributed by atoms with Crippen LogP contribution in [0.2, 0.25) is 5.31 Å². The van der Waals surface area contributed by atoms with Crippen molar-refractivity contribution in [2.24, 2.45) is 0 Å². The van der Waals surface area contributed by atoms with Crippen LogP contribution in [0.3, 0.4) is 0 Å². The lowest BCUT2D eigenvalue weighted by molar-refractivity contribution is 0.0685. The van der Waals surface area contributed by atoms with Gasteiger partial charge in [-0.1, -0.05) is 105 Å². The molecule has 8 rings (SSSR count). The fourth-order valence-electron chi connectivity index (χ4n) is 6.85. The van der Waals surface area contributed by atoms with Crippen LogP contribution in [0.15, 0.2) is 108 Å². The van der Waals surface area contributed by atoms with Gasteiger partial charge < -0.3 is 14.1 Å². The van der Waals surface area contributed by atoms with Crippen LogP contribution in [-0.4, -0.2) is 37.3 Å². The van der Waals surface area contributed by atoms with Gasteiger partial charge in [-0.05, 0) is 44.9 Å². The third-order valence-electron chi connectivity index (χ3n) is 10.0. The van der Waals surface area contributed by atoms with Crippen LogP contribution in [0.25, 0.3) is 67.6 Å². The molecule has 1 aliphatic rings. The lowest BCUT2D eigenvalue weighted by Gasteiger charge is -2.37. The van der Waals surface area contributed by atoms with Gasteiger partial charge in [0.1, 0.15) is 11.3 Å². The summed E-state index contributed by atoms with van der Waals surface area (Å²) in [5.41, 5.74) is 5.10. The number of benzene rings is 4. The molecule has 4 aromatic carbocycles. The molecule has 7 nitrogen and oxygen atoms in total. The number of fused-ring (bicyclic) bond motifs is 6. The summed E-state index contributed by atoms with van der Waals surface area (Å²) in [4.78, 5) is 15.3. The minimum atomic E-state index is -0.972. The van der Waals surface area contributed by atoms with Gasteiger partial charge in [0.05, 0.1) is 11.0 Å². The summed E-state index contributed by atoms with van der Waals surface area (Å²) in [7, 11) is -0.972. The lowest BCUT2D eigenvalue weighted by atomic mass is 9.52. The highest BCUT2D eigenvalue weighted by Crippen LogP contribution is 2.48. The van der Waals surface area contributed by atoms with E-state index in [4.69, 9.17) is 24.0 Å². The van der Waals surface area contributed by atoms with E-state index < -0.39 is 18.0 Å². The fraction of sp³-hybridized carbons (Fsp3) is 0.225. The first kappa shape index (κ1) is 30.3. The van der Waals surface area contributed by atoms with Gasteiger partial charge >= 0.3 is 7.12 Å². The topological polar surface area (TPSA) is 86.2 Å². The molecule has 48 heavy (non-hydrogen) atoms. The smallest absolute Gasteiger partial charge is 0.460 e. The Balaban J connectivity index is 1.32. The van der Waals surface area contributed by atoms with Crippen molar-refractivity contribution >= 4 is 46.0 Å². The highest BCUT2D eigenvalue weighted by molar-refractivity contribution is 6.48. The van der Waals surface area contributed by atoms with Crippen LogP contribution in [0.4, 0.5) is 0 Å². The molecule has 0 spiro atoms. The largest absolute Gasteiger partial charge is 0.465 e. The Morgan fingerprint density at radius 1 is 0.833 bits per heavy atom. The van der Waals surface area contributed by atoms with Crippen molar-refractivity contribution in [3.05, 3.63) is 114 Å². The van der Waals surface area contributed by atoms with Crippen molar-refractivity contribution in [2.45, 2.75) is 57.9 Å². The van der Waals surface area contributed by atoms with Crippen LogP contribution in [0, 0.1) is 0 Å². The Bertz CT molecular complexity index is 2290. The number of aromatic nitrogens is 4. The van der Waals surface area contributed by atoms with Crippen molar-refractivity contribution in [1.29, 1.82) is 0 Å². The summed E-state index contributed by atoms with van der Waals surface area (Å²) in [5.74, 6) is 2.51. The van der Waals surface area contributed by atoms with Crippen molar-refractivity contribution in [3.63, 3.8) is 0 Å². The van der Waals surface area contributed by atoms with Crippen LogP contribution in [0.5, 0.6) is 0 Å². The summed E-state index contributed by atoms with van der Waals surface area (Å²) in [6.07, 6.45) is 6.19. The molecule has 0 saturated heterocycles. The normalized spacial score (nSPS) is 16.2. The second-order valence-electron chi connectivity index (χ2n) is 13.3. The van der Waals surface area contributed by atoms with Crippen molar-refractivity contribution in [1.82, 2.24) is 19.5 Å². The molecule has 7 aromatic rings. The molecule has 0 fully saturated rings. The molecule has 1 aliphatic carbocycles. The van der Waals surface area contributed by atoms with E-state index in [1.807, 2.05) is 68.4 Å². The van der Waals surface area contributed by atoms with Crippen LogP contribution in [0.1, 0.15) is 51.9 Å². The minimum absolute atomic E-state index is 0.444. The molecule has 3 heterocycles. The zero-order valence-corrected chi connectivity index (χ0v) is 27.6. The fourth-order valence-corrected chi connectivity index (χ4v) is 6.85. The van der Waals surface area contributed by atoms with E-state index in [0.717, 1.165) is 61.6 Å². The van der Waals surface area contributed by atoms with Gasteiger partial charge in [0, 0.05) is 50.2 Å².